The molecular formula is C9H18N2O2. The SMILES string of the molecule is CNC(=O)NCC1(CCOC)CC1. The Kier molecular flexibility index (Phi) is 3.54. The number of carbonyl (C=O) groups excluding carboxylic acids is 1. The molecule has 2 N–H and O–H groups in total. The summed E-state index contributed by atoms with van der Waals surface area (Å²) in [5.74, 6) is 0. The first-order valence-electron chi connectivity index (χ1n) is 4.67. The molecule has 1 rings (SSSR count). The van der Waals surface area contributed by atoms with Gasteiger partial charge < -0.3 is 15.4 Å². The first-order chi connectivity index (χ1) is 6.22. The molecule has 13 heavy (non-hydrogen) atoms. The Morgan fingerprint density at radius 1 is 1.54 bits per heavy atom. The number of methoxy groups -OCH3 is 1. The smallest absolute Gasteiger partial charge is 0.314 e. The summed E-state index contributed by atoms with van der Waals surface area (Å²) in [4.78, 5) is 10.9. The summed E-state index contributed by atoms with van der Waals surface area (Å²) in [5, 5.41) is 5.38. The second-order valence-corrected chi connectivity index (χ2v) is 3.68. The molecule has 1 aliphatic carbocycles. The average Bonchev–Trinajstić information content (AvgIpc) is 2.92. The fourth-order valence-corrected chi connectivity index (χ4v) is 1.37. The first-order valence-corrected chi connectivity index (χ1v) is 4.67. The van der Waals surface area contributed by atoms with Crippen LogP contribution in [0.3, 0.4) is 0 Å². The van der Waals surface area contributed by atoms with E-state index in [1.165, 1.54) is 12.8 Å². The van der Waals surface area contributed by atoms with Gasteiger partial charge in [-0.15, -0.1) is 0 Å². The second kappa shape index (κ2) is 4.46. The molecule has 1 saturated carbocycles. The zero-order chi connectivity index (χ0) is 9.73. The zero-order valence-corrected chi connectivity index (χ0v) is 8.35. The van der Waals surface area contributed by atoms with Crippen molar-refractivity contribution in [2.45, 2.75) is 19.3 Å². The summed E-state index contributed by atoms with van der Waals surface area (Å²) < 4.78 is 5.02. The molecule has 1 fully saturated rings. The van der Waals surface area contributed by atoms with Crippen LogP contribution in [0.2, 0.25) is 0 Å². The van der Waals surface area contributed by atoms with Crippen LogP contribution in [0.5, 0.6) is 0 Å². The molecule has 0 bridgehead atoms. The van der Waals surface area contributed by atoms with Crippen molar-refractivity contribution in [2.75, 3.05) is 27.3 Å². The number of ether oxygens (including phenoxy) is 1. The van der Waals surface area contributed by atoms with E-state index in [9.17, 15) is 4.79 Å². The highest BCUT2D eigenvalue weighted by Gasteiger charge is 2.41. The average molecular weight is 186 g/mol. The summed E-state index contributed by atoms with van der Waals surface area (Å²) in [6.07, 6.45) is 3.47. The van der Waals surface area contributed by atoms with Crippen LogP contribution < -0.4 is 10.6 Å². The zero-order valence-electron chi connectivity index (χ0n) is 8.35. The van der Waals surface area contributed by atoms with E-state index in [4.69, 9.17) is 4.74 Å². The Balaban J connectivity index is 2.16. The van der Waals surface area contributed by atoms with Crippen LogP contribution >= 0.6 is 0 Å². The molecular weight excluding hydrogens is 168 g/mol. The van der Waals surface area contributed by atoms with Gasteiger partial charge in [0.15, 0.2) is 0 Å². The van der Waals surface area contributed by atoms with Gasteiger partial charge in [0.05, 0.1) is 0 Å². The summed E-state index contributed by atoms with van der Waals surface area (Å²) in [6.45, 7) is 1.56. The van der Waals surface area contributed by atoms with Gasteiger partial charge in [0, 0.05) is 27.3 Å². The topological polar surface area (TPSA) is 50.4 Å². The van der Waals surface area contributed by atoms with Gasteiger partial charge in [0.1, 0.15) is 0 Å². The monoisotopic (exact) mass is 186 g/mol. The maximum atomic E-state index is 10.9. The Bertz CT molecular complexity index is 178. The minimum atomic E-state index is -0.0938. The lowest BCUT2D eigenvalue weighted by molar-refractivity contribution is 0.171. The van der Waals surface area contributed by atoms with Gasteiger partial charge >= 0.3 is 6.03 Å². The fraction of sp³-hybridized carbons (Fsp3) is 0.889. The van der Waals surface area contributed by atoms with Gasteiger partial charge in [0.25, 0.3) is 0 Å². The summed E-state index contributed by atoms with van der Waals surface area (Å²) >= 11 is 0. The van der Waals surface area contributed by atoms with Gasteiger partial charge in [-0.25, -0.2) is 4.79 Å². The molecule has 0 radical (unpaired) electrons. The van der Waals surface area contributed by atoms with Crippen molar-refractivity contribution in [1.29, 1.82) is 0 Å². The molecule has 0 spiro atoms. The van der Waals surface area contributed by atoms with Crippen LogP contribution in [-0.4, -0.2) is 33.3 Å². The van der Waals surface area contributed by atoms with Crippen molar-refractivity contribution < 1.29 is 9.53 Å². The van der Waals surface area contributed by atoms with E-state index in [1.807, 2.05) is 0 Å². The number of carbonyl (C=O) groups is 1. The maximum absolute atomic E-state index is 10.9. The third-order valence-corrected chi connectivity index (χ3v) is 2.64. The Morgan fingerprint density at radius 3 is 2.69 bits per heavy atom. The van der Waals surface area contributed by atoms with Gasteiger partial charge in [-0.1, -0.05) is 0 Å². The van der Waals surface area contributed by atoms with E-state index in [-0.39, 0.29) is 6.03 Å². The minimum Gasteiger partial charge on any atom is -0.385 e. The molecule has 0 saturated heterocycles. The number of urea groups is 1. The van der Waals surface area contributed by atoms with Crippen molar-refractivity contribution in [3.63, 3.8) is 0 Å². The van der Waals surface area contributed by atoms with E-state index in [1.54, 1.807) is 14.2 Å². The van der Waals surface area contributed by atoms with Crippen molar-refractivity contribution in [3.8, 4) is 0 Å². The lowest BCUT2D eigenvalue weighted by Crippen LogP contribution is -2.37. The Labute approximate surface area is 79.0 Å². The summed E-state index contributed by atoms with van der Waals surface area (Å²) in [7, 11) is 3.34. The van der Waals surface area contributed by atoms with Crippen LogP contribution in [0.25, 0.3) is 0 Å². The molecule has 1 aliphatic rings. The van der Waals surface area contributed by atoms with E-state index in [2.05, 4.69) is 10.6 Å². The van der Waals surface area contributed by atoms with Gasteiger partial charge in [0.2, 0.25) is 0 Å². The van der Waals surface area contributed by atoms with Crippen LogP contribution in [-0.2, 0) is 4.74 Å². The van der Waals surface area contributed by atoms with Crippen LogP contribution in [0.15, 0.2) is 0 Å². The maximum Gasteiger partial charge on any atom is 0.314 e. The predicted octanol–water partition coefficient (Wildman–Crippen LogP) is 0.732. The van der Waals surface area contributed by atoms with Crippen molar-refractivity contribution in [1.82, 2.24) is 10.6 Å². The number of hydrogen-bond acceptors (Lipinski definition) is 2. The number of hydrogen-bond donors (Lipinski definition) is 2. The van der Waals surface area contributed by atoms with E-state index in [0.29, 0.717) is 5.41 Å². The molecule has 2 amide bonds. The van der Waals surface area contributed by atoms with Crippen LogP contribution in [0.1, 0.15) is 19.3 Å². The quantitative estimate of drug-likeness (QED) is 0.665. The molecule has 0 aliphatic heterocycles. The molecule has 4 heteroatoms. The van der Waals surface area contributed by atoms with E-state index >= 15 is 0 Å². The second-order valence-electron chi connectivity index (χ2n) is 3.68. The summed E-state index contributed by atoms with van der Waals surface area (Å²) in [6, 6.07) is -0.0938. The predicted molar refractivity (Wildman–Crippen MR) is 50.6 cm³/mol. The molecule has 0 heterocycles. The van der Waals surface area contributed by atoms with Gasteiger partial charge in [-0.2, -0.15) is 0 Å². The number of rotatable bonds is 5. The third-order valence-electron chi connectivity index (χ3n) is 2.64. The van der Waals surface area contributed by atoms with Gasteiger partial charge in [-0.3, -0.25) is 0 Å². The normalized spacial score (nSPS) is 18.0. The summed E-state index contributed by atoms with van der Waals surface area (Å²) in [5.41, 5.74) is 0.336. The van der Waals surface area contributed by atoms with Crippen LogP contribution in [0.4, 0.5) is 4.79 Å². The Hall–Kier alpha value is -0.770. The van der Waals surface area contributed by atoms with Crippen molar-refractivity contribution in [2.24, 2.45) is 5.41 Å². The molecule has 76 valence electrons. The molecule has 4 nitrogen and oxygen atoms in total. The standard InChI is InChI=1S/C9H18N2O2/c1-10-8(12)11-7-9(3-4-9)5-6-13-2/h3-7H2,1-2H3,(H2,10,11,12). The highest BCUT2D eigenvalue weighted by molar-refractivity contribution is 5.73. The largest absolute Gasteiger partial charge is 0.385 e. The lowest BCUT2D eigenvalue weighted by Gasteiger charge is -2.14. The molecule has 0 unspecified atom stereocenters. The molecule has 0 aromatic rings. The van der Waals surface area contributed by atoms with E-state index in [0.717, 1.165) is 19.6 Å². The molecule has 0 aromatic heterocycles. The highest BCUT2D eigenvalue weighted by atomic mass is 16.5. The first kappa shape index (κ1) is 10.3. The van der Waals surface area contributed by atoms with Crippen molar-refractivity contribution >= 4 is 6.03 Å². The highest BCUT2D eigenvalue weighted by Crippen LogP contribution is 2.48. The van der Waals surface area contributed by atoms with Crippen molar-refractivity contribution in [3.05, 3.63) is 0 Å². The third kappa shape index (κ3) is 3.22. The lowest BCUT2D eigenvalue weighted by atomic mass is 10.0. The number of nitrogens with one attached hydrogen (secondary N) is 2. The molecule has 0 atom stereocenters. The van der Waals surface area contributed by atoms with Gasteiger partial charge in [-0.05, 0) is 24.7 Å². The number of amides is 2. The fourth-order valence-electron chi connectivity index (χ4n) is 1.37. The van der Waals surface area contributed by atoms with Crippen LogP contribution in [0, 0.1) is 5.41 Å². The molecule has 0 aromatic carbocycles. The minimum absolute atomic E-state index is 0.0938. The Morgan fingerprint density at radius 2 is 2.23 bits per heavy atom. The van der Waals surface area contributed by atoms with E-state index < -0.39 is 0 Å².